The summed E-state index contributed by atoms with van der Waals surface area (Å²) in [6, 6.07) is 6.22. The van der Waals surface area contributed by atoms with Crippen LogP contribution in [-0.4, -0.2) is 51.3 Å². The SMILES string of the molecule is C=C1CCC(N2Cc3c(csc3C3CCCC3)C2=O)C(=O)C1.C=C1CCC(N2Cc3sc(CNC(=O)Nc4ccc(C)c(Cl)c4)cc3C2=O)C(=O)C1. The Morgan fingerprint density at radius 3 is 2.13 bits per heavy atom. The zero-order chi connectivity index (χ0) is 36.7. The summed E-state index contributed by atoms with van der Waals surface area (Å²) in [7, 11) is 0. The first-order valence-electron chi connectivity index (χ1n) is 18.0. The van der Waals surface area contributed by atoms with E-state index in [1.54, 1.807) is 28.4 Å². The minimum atomic E-state index is -0.351. The highest BCUT2D eigenvalue weighted by Gasteiger charge is 2.41. The van der Waals surface area contributed by atoms with Crippen LogP contribution in [-0.2, 0) is 29.2 Å². The van der Waals surface area contributed by atoms with E-state index in [1.807, 2.05) is 29.3 Å². The molecule has 9 nitrogen and oxygen atoms in total. The van der Waals surface area contributed by atoms with E-state index in [9.17, 15) is 24.0 Å². The first kappa shape index (κ1) is 36.3. The second kappa shape index (κ2) is 15.1. The van der Waals surface area contributed by atoms with Crippen molar-refractivity contribution in [2.24, 2.45) is 0 Å². The summed E-state index contributed by atoms with van der Waals surface area (Å²) < 4.78 is 0. The lowest BCUT2D eigenvalue weighted by atomic mass is 9.89. The van der Waals surface area contributed by atoms with Gasteiger partial charge in [0, 0.05) is 50.1 Å². The highest BCUT2D eigenvalue weighted by molar-refractivity contribution is 7.12. The molecule has 0 spiro atoms. The summed E-state index contributed by atoms with van der Waals surface area (Å²) in [5, 5.41) is 8.16. The van der Waals surface area contributed by atoms with Crippen LogP contribution in [0.1, 0.15) is 117 Å². The van der Waals surface area contributed by atoms with E-state index in [0.29, 0.717) is 61.1 Å². The van der Waals surface area contributed by atoms with Gasteiger partial charge in [0.15, 0.2) is 11.6 Å². The first-order chi connectivity index (χ1) is 25.0. The van der Waals surface area contributed by atoms with E-state index in [4.69, 9.17) is 11.6 Å². The van der Waals surface area contributed by atoms with Crippen molar-refractivity contribution in [3.05, 3.63) is 95.9 Å². The van der Waals surface area contributed by atoms with Gasteiger partial charge in [0.05, 0.1) is 36.3 Å². The predicted octanol–water partition coefficient (Wildman–Crippen LogP) is 8.70. The third-order valence-corrected chi connectivity index (χ3v) is 13.6. The topological polar surface area (TPSA) is 116 Å². The van der Waals surface area contributed by atoms with E-state index < -0.39 is 0 Å². The van der Waals surface area contributed by atoms with Crippen LogP contribution in [0.4, 0.5) is 10.5 Å². The molecule has 2 aromatic heterocycles. The third kappa shape index (κ3) is 7.40. The van der Waals surface area contributed by atoms with Crippen molar-refractivity contribution in [1.29, 1.82) is 0 Å². The number of aryl methyl sites for hydroxylation is 1. The molecule has 3 aliphatic carbocycles. The van der Waals surface area contributed by atoms with Crippen LogP contribution in [0.2, 0.25) is 5.02 Å². The number of nitrogens with one attached hydrogen (secondary N) is 2. The Kier molecular flexibility index (Phi) is 10.6. The smallest absolute Gasteiger partial charge is 0.319 e. The Hall–Kier alpha value is -4.06. The number of ketones is 2. The van der Waals surface area contributed by atoms with Crippen molar-refractivity contribution in [1.82, 2.24) is 15.1 Å². The van der Waals surface area contributed by atoms with Gasteiger partial charge in [-0.15, -0.1) is 22.7 Å². The molecule has 3 fully saturated rings. The normalized spacial score (nSPS) is 21.7. The maximum absolute atomic E-state index is 12.8. The van der Waals surface area contributed by atoms with Crippen LogP contribution in [0.25, 0.3) is 0 Å². The molecule has 5 aliphatic rings. The molecule has 52 heavy (non-hydrogen) atoms. The number of urea groups is 1. The highest BCUT2D eigenvalue weighted by atomic mass is 35.5. The van der Waals surface area contributed by atoms with Gasteiger partial charge in [-0.1, -0.05) is 54.8 Å². The largest absolute Gasteiger partial charge is 0.333 e. The number of allylic oxidation sites excluding steroid dienone is 2. The quantitative estimate of drug-likeness (QED) is 0.244. The second-order valence-electron chi connectivity index (χ2n) is 14.6. The van der Waals surface area contributed by atoms with Gasteiger partial charge in [-0.3, -0.25) is 19.2 Å². The van der Waals surface area contributed by atoms with Gasteiger partial charge in [0.2, 0.25) is 0 Å². The zero-order valence-corrected chi connectivity index (χ0v) is 31.7. The number of Topliss-reactive ketones (excluding diaryl/α,β-unsaturated/α-hetero) is 2. The lowest BCUT2D eigenvalue weighted by Gasteiger charge is -2.30. The number of hydrogen-bond acceptors (Lipinski definition) is 7. The number of thiophene rings is 2. The Balaban J connectivity index is 0.000000169. The van der Waals surface area contributed by atoms with Gasteiger partial charge in [-0.05, 0) is 80.7 Å². The fourth-order valence-electron chi connectivity index (χ4n) is 8.00. The molecule has 1 aromatic carbocycles. The molecule has 0 saturated heterocycles. The molecule has 2 atom stereocenters. The van der Waals surface area contributed by atoms with E-state index in [1.165, 1.54) is 47.5 Å². The van der Waals surface area contributed by atoms with Gasteiger partial charge in [0.25, 0.3) is 11.8 Å². The molecule has 2 unspecified atom stereocenters. The number of nitrogens with zero attached hydrogens (tertiary/aromatic N) is 2. The number of carbonyl (C=O) groups is 5. The lowest BCUT2D eigenvalue weighted by Crippen LogP contribution is -2.43. The fourth-order valence-corrected chi connectivity index (χ4v) is 10.5. The number of carbonyl (C=O) groups excluding carboxylic acids is 5. The monoisotopic (exact) mass is 758 g/mol. The molecule has 3 aromatic rings. The highest BCUT2D eigenvalue weighted by Crippen LogP contribution is 2.44. The van der Waals surface area contributed by atoms with E-state index in [-0.39, 0.29) is 41.5 Å². The van der Waals surface area contributed by atoms with Crippen molar-refractivity contribution < 1.29 is 24.0 Å². The Morgan fingerprint density at radius 2 is 1.52 bits per heavy atom. The molecule has 8 rings (SSSR count). The van der Waals surface area contributed by atoms with Crippen molar-refractivity contribution >= 4 is 69.4 Å². The Morgan fingerprint density at radius 1 is 0.885 bits per heavy atom. The van der Waals surface area contributed by atoms with Gasteiger partial charge in [-0.25, -0.2) is 4.79 Å². The predicted molar refractivity (Wildman–Crippen MR) is 205 cm³/mol. The average Bonchev–Trinajstić information content (AvgIpc) is 3.93. The summed E-state index contributed by atoms with van der Waals surface area (Å²) in [5.41, 5.74) is 6.23. The van der Waals surface area contributed by atoms with Gasteiger partial charge >= 0.3 is 6.03 Å². The van der Waals surface area contributed by atoms with E-state index in [2.05, 4.69) is 23.8 Å². The summed E-state index contributed by atoms with van der Waals surface area (Å²) in [6.45, 7) is 11.1. The lowest BCUT2D eigenvalue weighted by molar-refractivity contribution is -0.124. The molecule has 4 amide bonds. The van der Waals surface area contributed by atoms with Crippen LogP contribution < -0.4 is 10.6 Å². The maximum Gasteiger partial charge on any atom is 0.319 e. The average molecular weight is 759 g/mol. The van der Waals surface area contributed by atoms with E-state index >= 15 is 0 Å². The molecule has 2 N–H and O–H groups in total. The third-order valence-electron chi connectivity index (χ3n) is 10.9. The number of fused-ring (bicyclic) bond motifs is 2. The molecular formula is C40H43ClN4O5S2. The van der Waals surface area contributed by atoms with Crippen LogP contribution in [0.5, 0.6) is 0 Å². The minimum absolute atomic E-state index is 0.0707. The standard InChI is InChI=1S/C22H22ClN3O3S.C18H21NO2S/c1-12-3-6-18(19(27)7-12)26-11-20-16(21(26)28)9-15(30-20)10-24-22(29)25-14-5-4-13(2)17(23)8-14;1-11-6-7-15(16(20)8-11)19-9-13-14(18(19)21)10-22-17(13)12-4-2-3-5-12/h4-5,8-9,18H,1,3,6-7,10-11H2,2H3,(H2,24,25,29);10,12,15H,1-9H2. The minimum Gasteiger partial charge on any atom is -0.333 e. The molecule has 272 valence electrons. The molecule has 3 saturated carbocycles. The Labute approximate surface area is 317 Å². The first-order valence-corrected chi connectivity index (χ1v) is 20.1. The summed E-state index contributed by atoms with van der Waals surface area (Å²) in [4.78, 5) is 69.1. The number of benzene rings is 1. The molecule has 0 radical (unpaired) electrons. The summed E-state index contributed by atoms with van der Waals surface area (Å²) in [6.07, 6.45) is 8.96. The maximum atomic E-state index is 12.8. The van der Waals surface area contributed by atoms with Crippen LogP contribution >= 0.6 is 34.3 Å². The van der Waals surface area contributed by atoms with Gasteiger partial charge in [-0.2, -0.15) is 0 Å². The zero-order valence-electron chi connectivity index (χ0n) is 29.4. The van der Waals surface area contributed by atoms with E-state index in [0.717, 1.165) is 51.3 Å². The van der Waals surface area contributed by atoms with Crippen molar-refractivity contribution in [3.63, 3.8) is 0 Å². The van der Waals surface area contributed by atoms with Crippen molar-refractivity contribution in [2.75, 3.05) is 5.32 Å². The van der Waals surface area contributed by atoms with Crippen LogP contribution in [0.15, 0.2) is 53.9 Å². The number of rotatable bonds is 6. The second-order valence-corrected chi connectivity index (χ2v) is 17.1. The fraction of sp³-hybridized carbons (Fsp3) is 0.425. The van der Waals surface area contributed by atoms with Gasteiger partial charge < -0.3 is 20.4 Å². The number of hydrogen-bond donors (Lipinski definition) is 2. The molecular weight excluding hydrogens is 716 g/mol. The molecule has 12 heteroatoms. The summed E-state index contributed by atoms with van der Waals surface area (Å²) in [5.74, 6) is 0.854. The number of amides is 4. The number of anilines is 1. The Bertz CT molecular complexity index is 1990. The van der Waals surface area contributed by atoms with Gasteiger partial charge in [0.1, 0.15) is 0 Å². The molecule has 4 heterocycles. The molecule has 0 bridgehead atoms. The number of halogens is 1. The van der Waals surface area contributed by atoms with Crippen LogP contribution in [0, 0.1) is 6.92 Å². The van der Waals surface area contributed by atoms with Crippen molar-refractivity contribution in [3.8, 4) is 0 Å². The summed E-state index contributed by atoms with van der Waals surface area (Å²) >= 11 is 9.33. The van der Waals surface area contributed by atoms with Crippen molar-refractivity contribution in [2.45, 2.75) is 109 Å². The van der Waals surface area contributed by atoms with Crippen LogP contribution in [0.3, 0.4) is 0 Å². The molecule has 2 aliphatic heterocycles.